The lowest BCUT2D eigenvalue weighted by Crippen LogP contribution is -2.48. The van der Waals surface area contributed by atoms with Crippen LogP contribution in [-0.4, -0.2) is 36.3 Å². The van der Waals surface area contributed by atoms with Crippen LogP contribution in [0.25, 0.3) is 11.1 Å². The number of hydrogen-bond donors (Lipinski definition) is 1. The predicted octanol–water partition coefficient (Wildman–Crippen LogP) is 3.94. The van der Waals surface area contributed by atoms with Crippen LogP contribution in [0, 0.1) is 0 Å². The largest absolute Gasteiger partial charge is 0.548 e. The fraction of sp³-hybridized carbons (Fsp3) is 0.444. The van der Waals surface area contributed by atoms with Gasteiger partial charge in [-0.15, -0.1) is 0 Å². The third-order valence-electron chi connectivity index (χ3n) is 5.71. The molecule has 7 heteroatoms. The summed E-state index contributed by atoms with van der Waals surface area (Å²) in [5.41, 5.74) is 3.87. The van der Waals surface area contributed by atoms with E-state index in [1.165, 1.54) is 0 Å². The SMILES string of the molecule is CC(C)(C)OC(=O)CCCCC[C@H](NC(=O)OCC1c2ccccc2-c2ccccc21)C(=O)[O-]. The Balaban J connectivity index is 1.46. The van der Waals surface area contributed by atoms with Gasteiger partial charge in [-0.05, 0) is 55.9 Å². The minimum atomic E-state index is -1.36. The molecule has 182 valence electrons. The molecule has 0 heterocycles. The van der Waals surface area contributed by atoms with E-state index in [9.17, 15) is 19.5 Å². The topological polar surface area (TPSA) is 105 Å². The summed E-state index contributed by atoms with van der Waals surface area (Å²) in [5.74, 6) is -1.74. The lowest BCUT2D eigenvalue weighted by atomic mass is 9.98. The molecule has 1 aliphatic carbocycles. The van der Waals surface area contributed by atoms with Gasteiger partial charge in [-0.25, -0.2) is 4.79 Å². The molecule has 0 bridgehead atoms. The molecule has 0 radical (unpaired) electrons. The Bertz CT molecular complexity index is 980. The van der Waals surface area contributed by atoms with Crippen molar-refractivity contribution < 1.29 is 29.0 Å². The van der Waals surface area contributed by atoms with Crippen molar-refractivity contribution in [2.24, 2.45) is 0 Å². The zero-order valence-corrected chi connectivity index (χ0v) is 20.0. The van der Waals surface area contributed by atoms with E-state index in [2.05, 4.69) is 5.32 Å². The Hall–Kier alpha value is -3.35. The van der Waals surface area contributed by atoms with Crippen LogP contribution in [0.15, 0.2) is 48.5 Å². The number of nitrogens with one attached hydrogen (secondary N) is 1. The summed E-state index contributed by atoms with van der Waals surface area (Å²) in [7, 11) is 0. The standard InChI is InChI=1S/C27H33NO6/c1-27(2,3)34-24(29)16-6-4-5-15-23(25(30)31)28-26(32)33-17-22-20-13-9-7-11-18(20)19-12-8-10-14-21(19)22/h7-14,22-23H,4-6,15-17H2,1-3H3,(H,28,32)(H,30,31)/p-1/t23-/m0/s1. The maximum atomic E-state index is 12.4. The minimum Gasteiger partial charge on any atom is -0.548 e. The smallest absolute Gasteiger partial charge is 0.407 e. The van der Waals surface area contributed by atoms with E-state index >= 15 is 0 Å². The van der Waals surface area contributed by atoms with Gasteiger partial charge < -0.3 is 24.7 Å². The zero-order valence-electron chi connectivity index (χ0n) is 20.0. The summed E-state index contributed by atoms with van der Waals surface area (Å²) in [4.78, 5) is 35.6. The Labute approximate surface area is 200 Å². The molecule has 3 rings (SSSR count). The Morgan fingerprint density at radius 3 is 2.09 bits per heavy atom. The molecule has 1 aliphatic rings. The van der Waals surface area contributed by atoms with Crippen molar-refractivity contribution in [2.45, 2.75) is 70.4 Å². The van der Waals surface area contributed by atoms with Crippen molar-refractivity contribution in [2.75, 3.05) is 6.61 Å². The number of carbonyl (C=O) groups is 3. The third kappa shape index (κ3) is 6.83. The van der Waals surface area contributed by atoms with Crippen molar-refractivity contribution in [3.05, 3.63) is 59.7 Å². The van der Waals surface area contributed by atoms with E-state index < -0.39 is 23.7 Å². The predicted molar refractivity (Wildman–Crippen MR) is 126 cm³/mol. The molecule has 1 atom stereocenters. The van der Waals surface area contributed by atoms with Crippen LogP contribution < -0.4 is 10.4 Å². The first-order valence-corrected chi connectivity index (χ1v) is 11.7. The number of carbonyl (C=O) groups excluding carboxylic acids is 3. The molecule has 1 N–H and O–H groups in total. The molecule has 0 aromatic heterocycles. The first kappa shape index (κ1) is 25.3. The highest BCUT2D eigenvalue weighted by Crippen LogP contribution is 2.44. The maximum Gasteiger partial charge on any atom is 0.407 e. The zero-order chi connectivity index (χ0) is 24.7. The molecule has 0 saturated heterocycles. The van der Waals surface area contributed by atoms with Gasteiger partial charge in [-0.3, -0.25) is 4.79 Å². The van der Waals surface area contributed by atoms with E-state index in [1.807, 2.05) is 69.3 Å². The summed E-state index contributed by atoms with van der Waals surface area (Å²) in [6.07, 6.45) is 1.42. The van der Waals surface area contributed by atoms with Crippen molar-refractivity contribution in [1.82, 2.24) is 5.32 Å². The van der Waals surface area contributed by atoms with E-state index in [-0.39, 0.29) is 31.3 Å². The molecule has 2 aromatic carbocycles. The fourth-order valence-corrected chi connectivity index (χ4v) is 4.22. The third-order valence-corrected chi connectivity index (χ3v) is 5.71. The van der Waals surface area contributed by atoms with E-state index in [0.29, 0.717) is 19.3 Å². The minimum absolute atomic E-state index is 0.104. The number of fused-ring (bicyclic) bond motifs is 3. The van der Waals surface area contributed by atoms with Gasteiger partial charge in [-0.2, -0.15) is 0 Å². The van der Waals surface area contributed by atoms with E-state index in [1.54, 1.807) is 0 Å². The highest BCUT2D eigenvalue weighted by Gasteiger charge is 2.29. The number of hydrogen-bond acceptors (Lipinski definition) is 6. The van der Waals surface area contributed by atoms with Gasteiger partial charge >= 0.3 is 12.1 Å². The number of alkyl carbamates (subject to hydrolysis) is 1. The number of carboxylic acid groups (broad SMARTS) is 1. The van der Waals surface area contributed by atoms with Crippen LogP contribution in [0.4, 0.5) is 4.79 Å². The summed E-state index contributed by atoms with van der Waals surface area (Å²) in [6.45, 7) is 5.54. The average molecular weight is 467 g/mol. The van der Waals surface area contributed by atoms with Gasteiger partial charge in [0.1, 0.15) is 12.2 Å². The second-order valence-corrected chi connectivity index (χ2v) is 9.53. The quantitative estimate of drug-likeness (QED) is 0.420. The van der Waals surface area contributed by atoms with Crippen LogP contribution >= 0.6 is 0 Å². The second kappa shape index (κ2) is 11.2. The van der Waals surface area contributed by atoms with E-state index in [0.717, 1.165) is 22.3 Å². The van der Waals surface area contributed by atoms with Gasteiger partial charge in [0, 0.05) is 12.3 Å². The number of amides is 1. The Kier molecular flexibility index (Phi) is 8.31. The fourth-order valence-electron chi connectivity index (χ4n) is 4.22. The molecule has 34 heavy (non-hydrogen) atoms. The first-order chi connectivity index (χ1) is 16.2. The summed E-state index contributed by atoms with van der Waals surface area (Å²) < 4.78 is 10.7. The van der Waals surface area contributed by atoms with Crippen molar-refractivity contribution in [1.29, 1.82) is 0 Å². The number of esters is 1. The van der Waals surface area contributed by atoms with Crippen LogP contribution in [0.2, 0.25) is 0 Å². The van der Waals surface area contributed by atoms with Gasteiger partial charge in [0.2, 0.25) is 0 Å². The monoisotopic (exact) mass is 466 g/mol. The molecular weight excluding hydrogens is 434 g/mol. The molecule has 0 unspecified atom stereocenters. The highest BCUT2D eigenvalue weighted by molar-refractivity contribution is 5.80. The lowest BCUT2D eigenvalue weighted by molar-refractivity contribution is -0.308. The van der Waals surface area contributed by atoms with E-state index in [4.69, 9.17) is 9.47 Å². The number of unbranched alkanes of at least 4 members (excludes halogenated alkanes) is 2. The summed E-state index contributed by atoms with van der Waals surface area (Å²) >= 11 is 0. The first-order valence-electron chi connectivity index (χ1n) is 11.7. The van der Waals surface area contributed by atoms with Crippen molar-refractivity contribution in [3.63, 3.8) is 0 Å². The summed E-state index contributed by atoms with van der Waals surface area (Å²) in [6, 6.07) is 14.8. The summed E-state index contributed by atoms with van der Waals surface area (Å²) in [5, 5.41) is 13.9. The second-order valence-electron chi connectivity index (χ2n) is 9.53. The van der Waals surface area contributed by atoms with Crippen LogP contribution in [0.5, 0.6) is 0 Å². The lowest BCUT2D eigenvalue weighted by Gasteiger charge is -2.21. The Morgan fingerprint density at radius 1 is 0.941 bits per heavy atom. The Morgan fingerprint density at radius 2 is 1.53 bits per heavy atom. The number of carboxylic acids is 1. The molecule has 0 saturated carbocycles. The van der Waals surface area contributed by atoms with Crippen molar-refractivity contribution in [3.8, 4) is 11.1 Å². The number of aliphatic carboxylic acids is 1. The molecule has 0 spiro atoms. The van der Waals surface area contributed by atoms with Crippen molar-refractivity contribution >= 4 is 18.0 Å². The van der Waals surface area contributed by atoms with Crippen LogP contribution in [0.1, 0.15) is 69.9 Å². The highest BCUT2D eigenvalue weighted by atomic mass is 16.6. The molecule has 0 fully saturated rings. The average Bonchev–Trinajstić information content (AvgIpc) is 3.09. The van der Waals surface area contributed by atoms with Crippen LogP contribution in [0.3, 0.4) is 0 Å². The van der Waals surface area contributed by atoms with Gasteiger partial charge in [-0.1, -0.05) is 61.4 Å². The van der Waals surface area contributed by atoms with Gasteiger partial charge in [0.25, 0.3) is 0 Å². The molecule has 0 aliphatic heterocycles. The number of benzene rings is 2. The normalized spacial score (nSPS) is 13.5. The molecular formula is C27H32NO6-. The number of rotatable bonds is 10. The van der Waals surface area contributed by atoms with Gasteiger partial charge in [0.05, 0.1) is 12.0 Å². The molecule has 2 aromatic rings. The van der Waals surface area contributed by atoms with Gasteiger partial charge in [0.15, 0.2) is 0 Å². The molecule has 7 nitrogen and oxygen atoms in total. The number of ether oxygens (including phenoxy) is 2. The maximum absolute atomic E-state index is 12.4. The molecule has 1 amide bonds. The van der Waals surface area contributed by atoms with Crippen LogP contribution in [-0.2, 0) is 19.1 Å².